The summed E-state index contributed by atoms with van der Waals surface area (Å²) >= 11 is 6.12. The molecule has 0 saturated carbocycles. The number of halogens is 1. The fraction of sp³-hybridized carbons (Fsp3) is 0.130. The van der Waals surface area contributed by atoms with Gasteiger partial charge < -0.3 is 10.1 Å². The summed E-state index contributed by atoms with van der Waals surface area (Å²) in [6.07, 6.45) is 0.633. The average molecular weight is 392 g/mol. The SMILES string of the molecule is O=C(NC1CCOc2ccc(Cl)cc21)c1ccccc1C(=O)c1ccccc1. The first-order valence-electron chi connectivity index (χ1n) is 9.05. The third kappa shape index (κ3) is 3.64. The first-order chi connectivity index (χ1) is 13.6. The van der Waals surface area contributed by atoms with Crippen LogP contribution in [0.1, 0.15) is 44.3 Å². The number of ether oxygens (including phenoxy) is 1. The Kier molecular flexibility index (Phi) is 5.13. The second-order valence-corrected chi connectivity index (χ2v) is 7.02. The van der Waals surface area contributed by atoms with Crippen molar-refractivity contribution in [2.75, 3.05) is 6.61 Å². The Labute approximate surface area is 168 Å². The molecule has 0 radical (unpaired) electrons. The van der Waals surface area contributed by atoms with Crippen LogP contribution in [-0.2, 0) is 0 Å². The van der Waals surface area contributed by atoms with Gasteiger partial charge in [-0.1, -0.05) is 60.1 Å². The molecular formula is C23H18ClNO3. The molecule has 0 spiro atoms. The summed E-state index contributed by atoms with van der Waals surface area (Å²) in [6, 6.07) is 21.0. The van der Waals surface area contributed by atoms with E-state index >= 15 is 0 Å². The van der Waals surface area contributed by atoms with Crippen LogP contribution in [0.25, 0.3) is 0 Å². The Bertz CT molecular complexity index is 1030. The number of hydrogen-bond acceptors (Lipinski definition) is 3. The van der Waals surface area contributed by atoms with Crippen LogP contribution >= 0.6 is 11.6 Å². The van der Waals surface area contributed by atoms with Crippen LogP contribution in [0.4, 0.5) is 0 Å². The van der Waals surface area contributed by atoms with Gasteiger partial charge in [-0.05, 0) is 24.3 Å². The van der Waals surface area contributed by atoms with Crippen molar-refractivity contribution in [1.82, 2.24) is 5.32 Å². The van der Waals surface area contributed by atoms with Gasteiger partial charge in [-0.2, -0.15) is 0 Å². The monoisotopic (exact) mass is 391 g/mol. The summed E-state index contributed by atoms with van der Waals surface area (Å²) in [7, 11) is 0. The highest BCUT2D eigenvalue weighted by atomic mass is 35.5. The van der Waals surface area contributed by atoms with Gasteiger partial charge in [-0.3, -0.25) is 9.59 Å². The molecule has 0 aromatic heterocycles. The molecule has 1 amide bonds. The number of rotatable bonds is 4. The van der Waals surface area contributed by atoms with Gasteiger partial charge in [0.15, 0.2) is 5.78 Å². The van der Waals surface area contributed by atoms with Gasteiger partial charge in [0.1, 0.15) is 5.75 Å². The fourth-order valence-corrected chi connectivity index (χ4v) is 3.56. The van der Waals surface area contributed by atoms with Crippen LogP contribution in [-0.4, -0.2) is 18.3 Å². The zero-order valence-electron chi connectivity index (χ0n) is 15.0. The minimum absolute atomic E-state index is 0.179. The maximum atomic E-state index is 13.0. The molecule has 1 aliphatic rings. The average Bonchev–Trinajstić information content (AvgIpc) is 2.74. The smallest absolute Gasteiger partial charge is 0.252 e. The van der Waals surface area contributed by atoms with Gasteiger partial charge in [-0.25, -0.2) is 0 Å². The van der Waals surface area contributed by atoms with Crippen molar-refractivity contribution in [2.45, 2.75) is 12.5 Å². The van der Waals surface area contributed by atoms with Gasteiger partial charge in [0.05, 0.1) is 18.2 Å². The predicted molar refractivity (Wildman–Crippen MR) is 108 cm³/mol. The van der Waals surface area contributed by atoms with Crippen molar-refractivity contribution in [2.24, 2.45) is 0 Å². The zero-order valence-corrected chi connectivity index (χ0v) is 15.8. The van der Waals surface area contributed by atoms with E-state index in [1.165, 1.54) is 0 Å². The standard InChI is InChI=1S/C23H18ClNO3/c24-16-10-11-21-19(14-16)20(12-13-28-21)25-23(27)18-9-5-4-8-17(18)22(26)15-6-2-1-3-7-15/h1-11,14,20H,12-13H2,(H,25,27). The van der Waals surface area contributed by atoms with E-state index < -0.39 is 0 Å². The Balaban J connectivity index is 1.62. The molecule has 4 nitrogen and oxygen atoms in total. The molecule has 0 bridgehead atoms. The molecule has 140 valence electrons. The van der Waals surface area contributed by atoms with E-state index in [4.69, 9.17) is 16.3 Å². The lowest BCUT2D eigenvalue weighted by Crippen LogP contribution is -2.33. The first kappa shape index (κ1) is 18.3. The van der Waals surface area contributed by atoms with Gasteiger partial charge in [0.2, 0.25) is 0 Å². The van der Waals surface area contributed by atoms with Crippen LogP contribution in [0, 0.1) is 0 Å². The Morgan fingerprint density at radius 1 is 0.929 bits per heavy atom. The molecular weight excluding hydrogens is 374 g/mol. The van der Waals surface area contributed by atoms with Crippen molar-refractivity contribution >= 4 is 23.3 Å². The number of benzene rings is 3. The summed E-state index contributed by atoms with van der Waals surface area (Å²) in [5.41, 5.74) is 2.13. The highest BCUT2D eigenvalue weighted by Crippen LogP contribution is 2.34. The largest absolute Gasteiger partial charge is 0.493 e. The molecule has 0 saturated heterocycles. The molecule has 3 aromatic rings. The van der Waals surface area contributed by atoms with E-state index in [-0.39, 0.29) is 17.7 Å². The van der Waals surface area contributed by atoms with E-state index in [1.807, 2.05) is 18.2 Å². The number of carbonyl (C=O) groups is 2. The molecule has 1 N–H and O–H groups in total. The van der Waals surface area contributed by atoms with Crippen molar-refractivity contribution in [3.05, 3.63) is 100 Å². The summed E-state index contributed by atoms with van der Waals surface area (Å²) in [4.78, 5) is 25.9. The molecule has 28 heavy (non-hydrogen) atoms. The van der Waals surface area contributed by atoms with Crippen LogP contribution in [0.5, 0.6) is 5.75 Å². The second-order valence-electron chi connectivity index (χ2n) is 6.59. The second kappa shape index (κ2) is 7.87. The van der Waals surface area contributed by atoms with Crippen molar-refractivity contribution in [1.29, 1.82) is 0 Å². The third-order valence-corrected chi connectivity index (χ3v) is 5.00. The first-order valence-corrected chi connectivity index (χ1v) is 9.43. The van der Waals surface area contributed by atoms with E-state index in [0.29, 0.717) is 34.7 Å². The van der Waals surface area contributed by atoms with E-state index in [1.54, 1.807) is 54.6 Å². The lowest BCUT2D eigenvalue weighted by atomic mass is 9.96. The summed E-state index contributed by atoms with van der Waals surface area (Å²) in [6.45, 7) is 0.504. The lowest BCUT2D eigenvalue weighted by molar-refractivity contribution is 0.0915. The van der Waals surface area contributed by atoms with Crippen molar-refractivity contribution in [3.63, 3.8) is 0 Å². The maximum absolute atomic E-state index is 13.0. The quantitative estimate of drug-likeness (QED) is 0.648. The highest BCUT2D eigenvalue weighted by molar-refractivity contribution is 6.30. The molecule has 5 heteroatoms. The third-order valence-electron chi connectivity index (χ3n) is 4.77. The lowest BCUT2D eigenvalue weighted by Gasteiger charge is -2.27. The Hall–Kier alpha value is -3.11. The number of carbonyl (C=O) groups excluding carboxylic acids is 2. The summed E-state index contributed by atoms with van der Waals surface area (Å²) in [5.74, 6) is 0.245. The predicted octanol–water partition coefficient (Wildman–Crippen LogP) is 4.82. The number of nitrogens with one attached hydrogen (secondary N) is 1. The van der Waals surface area contributed by atoms with Gasteiger partial charge >= 0.3 is 0 Å². The molecule has 4 rings (SSSR count). The fourth-order valence-electron chi connectivity index (χ4n) is 3.38. The van der Waals surface area contributed by atoms with E-state index in [9.17, 15) is 9.59 Å². The molecule has 3 aromatic carbocycles. The number of amides is 1. The van der Waals surface area contributed by atoms with E-state index in [2.05, 4.69) is 5.32 Å². The zero-order chi connectivity index (χ0) is 19.5. The Morgan fingerprint density at radius 3 is 2.43 bits per heavy atom. The minimum Gasteiger partial charge on any atom is -0.493 e. The number of hydrogen-bond donors (Lipinski definition) is 1. The van der Waals surface area contributed by atoms with Crippen LogP contribution in [0.3, 0.4) is 0 Å². The summed E-state index contributed by atoms with van der Waals surface area (Å²) < 4.78 is 5.65. The maximum Gasteiger partial charge on any atom is 0.252 e. The molecule has 1 heterocycles. The Morgan fingerprint density at radius 2 is 1.64 bits per heavy atom. The van der Waals surface area contributed by atoms with E-state index in [0.717, 1.165) is 11.3 Å². The van der Waals surface area contributed by atoms with Crippen LogP contribution in [0.15, 0.2) is 72.8 Å². The number of ketones is 1. The minimum atomic E-state index is -0.294. The van der Waals surface area contributed by atoms with Gasteiger partial charge in [0.25, 0.3) is 5.91 Å². The molecule has 1 unspecified atom stereocenters. The van der Waals surface area contributed by atoms with Gasteiger partial charge in [-0.15, -0.1) is 0 Å². The molecule has 1 atom stereocenters. The number of fused-ring (bicyclic) bond motifs is 1. The molecule has 1 aliphatic heterocycles. The molecule has 0 fully saturated rings. The van der Waals surface area contributed by atoms with Crippen molar-refractivity contribution in [3.8, 4) is 5.75 Å². The highest BCUT2D eigenvalue weighted by Gasteiger charge is 2.25. The van der Waals surface area contributed by atoms with Crippen LogP contribution in [0.2, 0.25) is 5.02 Å². The van der Waals surface area contributed by atoms with Crippen LogP contribution < -0.4 is 10.1 Å². The molecule has 0 aliphatic carbocycles. The normalized spacial score (nSPS) is 15.2. The topological polar surface area (TPSA) is 55.4 Å². The van der Waals surface area contributed by atoms with Crippen molar-refractivity contribution < 1.29 is 14.3 Å². The van der Waals surface area contributed by atoms with Gasteiger partial charge in [0, 0.05) is 28.1 Å². The summed E-state index contributed by atoms with van der Waals surface area (Å²) in [5, 5.41) is 3.62.